The summed E-state index contributed by atoms with van der Waals surface area (Å²) in [4.78, 5) is 19.9. The van der Waals surface area contributed by atoms with E-state index in [0.29, 0.717) is 6.42 Å². The highest BCUT2D eigenvalue weighted by Crippen LogP contribution is 2.40. The highest BCUT2D eigenvalue weighted by atomic mass is 32.1. The van der Waals surface area contributed by atoms with Crippen LogP contribution in [0.25, 0.3) is 31.8 Å². The number of aromatic hydroxyl groups is 1. The molecule has 1 aliphatic rings. The van der Waals surface area contributed by atoms with Gasteiger partial charge in [-0.1, -0.05) is 30.3 Å². The average molecular weight is 458 g/mol. The van der Waals surface area contributed by atoms with E-state index in [4.69, 9.17) is 4.98 Å². The molecular weight excluding hydrogens is 430 g/mol. The zero-order chi connectivity index (χ0) is 22.8. The number of phenols is 1. The Labute approximate surface area is 197 Å². The van der Waals surface area contributed by atoms with Gasteiger partial charge < -0.3 is 15.3 Å². The molecule has 0 saturated carbocycles. The Kier molecular flexibility index (Phi) is 6.01. The molecule has 1 saturated heterocycles. The van der Waals surface area contributed by atoms with E-state index in [1.807, 2.05) is 17.0 Å². The van der Waals surface area contributed by atoms with E-state index < -0.39 is 0 Å². The predicted molar refractivity (Wildman–Crippen MR) is 136 cm³/mol. The smallest absolute Gasteiger partial charge is 0.222 e. The third-order valence-electron chi connectivity index (χ3n) is 6.16. The first-order chi connectivity index (χ1) is 16.1. The lowest BCUT2D eigenvalue weighted by atomic mass is 10.0. The molecule has 4 aromatic rings. The van der Waals surface area contributed by atoms with Crippen molar-refractivity contribution in [3.05, 3.63) is 66.2 Å². The number of amides is 1. The summed E-state index contributed by atoms with van der Waals surface area (Å²) in [5.41, 5.74) is 4.07. The zero-order valence-corrected chi connectivity index (χ0v) is 19.5. The molecule has 3 heterocycles. The Morgan fingerprint density at radius 2 is 1.97 bits per heavy atom. The Morgan fingerprint density at radius 1 is 1.09 bits per heavy atom. The summed E-state index contributed by atoms with van der Waals surface area (Å²) in [6.45, 7) is 4.56. The number of rotatable bonds is 7. The summed E-state index contributed by atoms with van der Waals surface area (Å²) in [5, 5.41) is 14.7. The molecular formula is C27H27N3O2S. The van der Waals surface area contributed by atoms with Crippen LogP contribution >= 0.6 is 11.3 Å². The zero-order valence-electron chi connectivity index (χ0n) is 18.7. The molecule has 0 aliphatic carbocycles. The van der Waals surface area contributed by atoms with Crippen LogP contribution < -0.4 is 5.32 Å². The van der Waals surface area contributed by atoms with Gasteiger partial charge in [-0.15, -0.1) is 11.3 Å². The van der Waals surface area contributed by atoms with Gasteiger partial charge in [-0.25, -0.2) is 4.98 Å². The van der Waals surface area contributed by atoms with Crippen molar-refractivity contribution in [1.82, 2.24) is 9.88 Å². The second-order valence-corrected chi connectivity index (χ2v) is 9.55. The van der Waals surface area contributed by atoms with Crippen molar-refractivity contribution >= 4 is 33.1 Å². The van der Waals surface area contributed by atoms with Crippen molar-refractivity contribution in [2.75, 3.05) is 25.0 Å². The Morgan fingerprint density at radius 3 is 2.76 bits per heavy atom. The molecule has 0 spiro atoms. The average Bonchev–Trinajstić information content (AvgIpc) is 3.39. The van der Waals surface area contributed by atoms with Crippen molar-refractivity contribution in [2.45, 2.75) is 26.2 Å². The topological polar surface area (TPSA) is 65.5 Å². The number of benzene rings is 2. The highest BCUT2D eigenvalue weighted by molar-refractivity contribution is 7.22. The molecule has 2 aromatic carbocycles. The number of aryl methyl sites for hydroxylation is 1. The number of aromatic nitrogens is 1. The lowest BCUT2D eigenvalue weighted by molar-refractivity contribution is -0.127. The van der Waals surface area contributed by atoms with Gasteiger partial charge in [-0.05, 0) is 66.6 Å². The van der Waals surface area contributed by atoms with Crippen LogP contribution in [0.2, 0.25) is 0 Å². The molecule has 0 radical (unpaired) electrons. The number of carbonyl (C=O) groups is 1. The Bertz CT molecular complexity index is 1310. The van der Waals surface area contributed by atoms with Gasteiger partial charge in [0.1, 0.15) is 11.6 Å². The first-order valence-electron chi connectivity index (χ1n) is 11.4. The van der Waals surface area contributed by atoms with Crippen LogP contribution in [-0.4, -0.2) is 40.5 Å². The minimum Gasteiger partial charge on any atom is -0.508 e. The fourth-order valence-corrected chi connectivity index (χ4v) is 5.64. The molecule has 5 nitrogen and oxygen atoms in total. The van der Waals surface area contributed by atoms with Crippen LogP contribution in [0.4, 0.5) is 5.82 Å². The fraction of sp³-hybridized carbons (Fsp3) is 0.259. The normalized spacial score (nSPS) is 13.7. The number of phenolic OH excluding ortho intramolecular Hbond substituents is 1. The molecule has 6 heteroatoms. The van der Waals surface area contributed by atoms with Gasteiger partial charge in [0.05, 0.1) is 5.69 Å². The minimum atomic E-state index is 0.225. The minimum absolute atomic E-state index is 0.225. The molecule has 5 rings (SSSR count). The van der Waals surface area contributed by atoms with E-state index in [9.17, 15) is 9.90 Å². The number of nitrogens with one attached hydrogen (secondary N) is 1. The van der Waals surface area contributed by atoms with Crippen LogP contribution in [0.3, 0.4) is 0 Å². The number of hydrogen-bond acceptors (Lipinski definition) is 5. The number of nitrogens with zero attached hydrogens (tertiary/aromatic N) is 2. The monoisotopic (exact) mass is 457 g/mol. The number of pyridine rings is 1. The second-order valence-electron chi connectivity index (χ2n) is 8.49. The van der Waals surface area contributed by atoms with Gasteiger partial charge in [0.15, 0.2) is 0 Å². The maximum Gasteiger partial charge on any atom is 0.222 e. The third kappa shape index (κ3) is 4.57. The van der Waals surface area contributed by atoms with Gasteiger partial charge in [0.25, 0.3) is 0 Å². The van der Waals surface area contributed by atoms with Crippen molar-refractivity contribution in [3.8, 4) is 27.4 Å². The number of fused-ring (bicyclic) bond motifs is 1. The Balaban J connectivity index is 1.45. The van der Waals surface area contributed by atoms with Gasteiger partial charge >= 0.3 is 0 Å². The summed E-state index contributed by atoms with van der Waals surface area (Å²) in [6.07, 6.45) is 2.53. The number of thiophene rings is 1. The largest absolute Gasteiger partial charge is 0.508 e. The van der Waals surface area contributed by atoms with Crippen LogP contribution in [0, 0.1) is 6.92 Å². The molecule has 2 aromatic heterocycles. The summed E-state index contributed by atoms with van der Waals surface area (Å²) < 4.78 is 1.27. The van der Waals surface area contributed by atoms with E-state index >= 15 is 0 Å². The molecule has 33 heavy (non-hydrogen) atoms. The summed E-state index contributed by atoms with van der Waals surface area (Å²) in [5.74, 6) is 1.29. The summed E-state index contributed by atoms with van der Waals surface area (Å²) >= 11 is 1.79. The van der Waals surface area contributed by atoms with Crippen LogP contribution in [-0.2, 0) is 4.79 Å². The van der Waals surface area contributed by atoms with E-state index in [-0.39, 0.29) is 11.7 Å². The lowest BCUT2D eigenvalue weighted by Gasteiger charge is -2.16. The van der Waals surface area contributed by atoms with Crippen molar-refractivity contribution in [3.63, 3.8) is 0 Å². The maximum atomic E-state index is 11.8. The standard InChI is InChI=1S/C27H27N3O2S/c1-18-22-9-2-3-10-24(22)33-27(18)20-16-23(19-7-4-8-21(31)15-19)29-25(17-20)28-12-6-14-30-13-5-11-26(30)32/h2-4,7-10,15-17,31H,5-6,11-14H2,1H3,(H,28,29). The van der Waals surface area contributed by atoms with Gasteiger partial charge in [0.2, 0.25) is 5.91 Å². The van der Waals surface area contributed by atoms with Crippen LogP contribution in [0.15, 0.2) is 60.7 Å². The predicted octanol–water partition coefficient (Wildman–Crippen LogP) is 6.07. The lowest BCUT2D eigenvalue weighted by Crippen LogP contribution is -2.27. The van der Waals surface area contributed by atoms with Gasteiger partial charge in [0, 0.05) is 41.2 Å². The van der Waals surface area contributed by atoms with E-state index in [1.54, 1.807) is 23.5 Å². The molecule has 1 fully saturated rings. The fourth-order valence-electron chi connectivity index (χ4n) is 4.44. The van der Waals surface area contributed by atoms with Crippen LogP contribution in [0.5, 0.6) is 5.75 Å². The molecule has 168 valence electrons. The van der Waals surface area contributed by atoms with Gasteiger partial charge in [-0.3, -0.25) is 4.79 Å². The van der Waals surface area contributed by atoms with E-state index in [0.717, 1.165) is 55.1 Å². The molecule has 0 bridgehead atoms. The quantitative estimate of drug-likeness (QED) is 0.331. The second kappa shape index (κ2) is 9.24. The van der Waals surface area contributed by atoms with E-state index in [2.05, 4.69) is 48.6 Å². The third-order valence-corrected chi connectivity index (χ3v) is 7.48. The number of anilines is 1. The van der Waals surface area contributed by atoms with Crippen molar-refractivity contribution < 1.29 is 9.90 Å². The van der Waals surface area contributed by atoms with Gasteiger partial charge in [-0.2, -0.15) is 0 Å². The number of likely N-dealkylation sites (tertiary alicyclic amines) is 1. The summed E-state index contributed by atoms with van der Waals surface area (Å²) in [6, 6.07) is 19.9. The molecule has 1 amide bonds. The number of hydrogen-bond donors (Lipinski definition) is 2. The molecule has 1 aliphatic heterocycles. The highest BCUT2D eigenvalue weighted by Gasteiger charge is 2.19. The Hall–Kier alpha value is -3.38. The molecule has 0 unspecified atom stereocenters. The molecule has 0 atom stereocenters. The van der Waals surface area contributed by atoms with Crippen molar-refractivity contribution in [1.29, 1.82) is 0 Å². The maximum absolute atomic E-state index is 11.8. The van der Waals surface area contributed by atoms with Crippen LogP contribution in [0.1, 0.15) is 24.8 Å². The van der Waals surface area contributed by atoms with Crippen molar-refractivity contribution in [2.24, 2.45) is 0 Å². The molecule has 2 N–H and O–H groups in total. The first kappa shape index (κ1) is 21.5. The SMILES string of the molecule is Cc1c(-c2cc(NCCCN3CCCC3=O)nc(-c3cccc(O)c3)c2)sc2ccccc12. The number of carbonyl (C=O) groups excluding carboxylic acids is 1. The summed E-state index contributed by atoms with van der Waals surface area (Å²) in [7, 11) is 0. The van der Waals surface area contributed by atoms with E-state index in [1.165, 1.54) is 20.5 Å². The first-order valence-corrected chi connectivity index (χ1v) is 12.2.